The fourth-order valence-electron chi connectivity index (χ4n) is 2.32. The van der Waals surface area contributed by atoms with Crippen LogP contribution in [0.25, 0.3) is 0 Å². The molecule has 1 fully saturated rings. The fourth-order valence-corrected chi connectivity index (χ4v) is 4.04. The van der Waals surface area contributed by atoms with Crippen LogP contribution in [0.4, 0.5) is 0 Å². The van der Waals surface area contributed by atoms with Crippen molar-refractivity contribution in [2.75, 3.05) is 12.8 Å². The largest absolute Gasteiger partial charge is 0.330 e. The molecule has 0 unspecified atom stereocenters. The third-order valence-electron chi connectivity index (χ3n) is 3.05. The number of rotatable bonds is 3. The molecule has 2 N–H and O–H groups in total. The molecule has 0 heterocycles. The summed E-state index contributed by atoms with van der Waals surface area (Å²) in [4.78, 5) is 0. The Kier molecular flexibility index (Phi) is 2.56. The van der Waals surface area contributed by atoms with Crippen molar-refractivity contribution < 1.29 is 8.42 Å². The minimum atomic E-state index is -2.97. The van der Waals surface area contributed by atoms with Crippen LogP contribution in [0.5, 0.6) is 0 Å². The van der Waals surface area contributed by atoms with Gasteiger partial charge >= 0.3 is 0 Å². The Hall–Kier alpha value is -0.870. The van der Waals surface area contributed by atoms with Crippen LogP contribution >= 0.6 is 0 Å². The van der Waals surface area contributed by atoms with Gasteiger partial charge in [0.25, 0.3) is 0 Å². The van der Waals surface area contributed by atoms with E-state index in [9.17, 15) is 8.42 Å². The predicted octanol–water partition coefficient (Wildman–Crippen LogP) is 0.772. The molecule has 82 valence electrons. The molecule has 0 amide bonds. The van der Waals surface area contributed by atoms with Gasteiger partial charge in [0, 0.05) is 12.2 Å². The molecule has 2 rings (SSSR count). The van der Waals surface area contributed by atoms with Crippen LogP contribution < -0.4 is 5.73 Å². The molecular formula is C11H15NO2S. The first-order chi connectivity index (χ1) is 7.05. The number of sulfone groups is 1. The molecule has 1 aliphatic rings. The smallest absolute Gasteiger partial charge is 0.151 e. The second-order valence-electron chi connectivity index (χ2n) is 4.13. The second kappa shape index (κ2) is 3.61. The van der Waals surface area contributed by atoms with E-state index in [2.05, 4.69) is 0 Å². The minimum Gasteiger partial charge on any atom is -0.330 e. The number of hydrogen-bond donors (Lipinski definition) is 1. The van der Waals surface area contributed by atoms with Crippen molar-refractivity contribution in [2.24, 2.45) is 11.7 Å². The van der Waals surface area contributed by atoms with Crippen molar-refractivity contribution in [3.8, 4) is 0 Å². The highest BCUT2D eigenvalue weighted by Gasteiger charge is 2.55. The lowest BCUT2D eigenvalue weighted by molar-refractivity contribution is 0.597. The van der Waals surface area contributed by atoms with Gasteiger partial charge in [-0.05, 0) is 18.0 Å². The first kappa shape index (κ1) is 10.6. The van der Waals surface area contributed by atoms with Gasteiger partial charge in [0.2, 0.25) is 0 Å². The van der Waals surface area contributed by atoms with Gasteiger partial charge in [0.15, 0.2) is 9.84 Å². The fraction of sp³-hybridized carbons (Fsp3) is 0.455. The summed E-state index contributed by atoms with van der Waals surface area (Å²) in [7, 11) is -2.97. The van der Waals surface area contributed by atoms with Crippen LogP contribution in [-0.2, 0) is 9.84 Å². The molecule has 3 atom stereocenters. The van der Waals surface area contributed by atoms with Crippen molar-refractivity contribution in [1.29, 1.82) is 0 Å². The monoisotopic (exact) mass is 225 g/mol. The van der Waals surface area contributed by atoms with Gasteiger partial charge in [-0.15, -0.1) is 0 Å². The maximum absolute atomic E-state index is 11.5. The number of hydrogen-bond acceptors (Lipinski definition) is 3. The average molecular weight is 225 g/mol. The van der Waals surface area contributed by atoms with Crippen molar-refractivity contribution in [3.63, 3.8) is 0 Å². The van der Waals surface area contributed by atoms with E-state index in [1.165, 1.54) is 6.26 Å². The Morgan fingerprint density at radius 2 is 1.87 bits per heavy atom. The molecule has 1 saturated carbocycles. The molecule has 0 bridgehead atoms. The van der Waals surface area contributed by atoms with Crippen molar-refractivity contribution in [1.82, 2.24) is 0 Å². The van der Waals surface area contributed by atoms with Gasteiger partial charge in [-0.3, -0.25) is 0 Å². The lowest BCUT2D eigenvalue weighted by Gasteiger charge is -1.97. The number of nitrogens with two attached hydrogens (primary N) is 1. The Labute approximate surface area is 90.2 Å². The Morgan fingerprint density at radius 1 is 1.27 bits per heavy atom. The summed E-state index contributed by atoms with van der Waals surface area (Å²) in [6.07, 6.45) is 1.29. The molecule has 1 aromatic carbocycles. The highest BCUT2D eigenvalue weighted by atomic mass is 32.2. The zero-order valence-electron chi connectivity index (χ0n) is 8.63. The first-order valence-electron chi connectivity index (χ1n) is 4.99. The maximum atomic E-state index is 11.5. The molecule has 0 spiro atoms. The second-order valence-corrected chi connectivity index (χ2v) is 6.33. The summed E-state index contributed by atoms with van der Waals surface area (Å²) in [5.41, 5.74) is 6.67. The van der Waals surface area contributed by atoms with E-state index in [1.54, 1.807) is 0 Å². The quantitative estimate of drug-likeness (QED) is 0.826. The Morgan fingerprint density at radius 3 is 2.27 bits per heavy atom. The lowest BCUT2D eigenvalue weighted by Crippen LogP contribution is -2.11. The topological polar surface area (TPSA) is 60.2 Å². The predicted molar refractivity (Wildman–Crippen MR) is 60.4 cm³/mol. The van der Waals surface area contributed by atoms with Gasteiger partial charge < -0.3 is 5.73 Å². The molecule has 15 heavy (non-hydrogen) atoms. The van der Waals surface area contributed by atoms with Crippen molar-refractivity contribution in [3.05, 3.63) is 35.9 Å². The van der Waals surface area contributed by atoms with Crippen molar-refractivity contribution >= 4 is 9.84 Å². The summed E-state index contributed by atoms with van der Waals surface area (Å²) < 4.78 is 23.0. The highest BCUT2D eigenvalue weighted by Crippen LogP contribution is 2.51. The van der Waals surface area contributed by atoms with Crippen LogP contribution in [0.3, 0.4) is 0 Å². The zero-order chi connectivity index (χ0) is 11.1. The lowest BCUT2D eigenvalue weighted by atomic mass is 10.1. The minimum absolute atomic E-state index is 0.0994. The molecule has 1 aromatic rings. The zero-order valence-corrected chi connectivity index (χ0v) is 9.44. The highest BCUT2D eigenvalue weighted by molar-refractivity contribution is 7.91. The summed E-state index contributed by atoms with van der Waals surface area (Å²) in [5, 5.41) is -0.273. The molecule has 4 heteroatoms. The van der Waals surface area contributed by atoms with E-state index in [-0.39, 0.29) is 17.1 Å². The van der Waals surface area contributed by atoms with E-state index in [0.29, 0.717) is 6.54 Å². The molecule has 0 aliphatic heterocycles. The third kappa shape index (κ3) is 1.92. The van der Waals surface area contributed by atoms with Gasteiger partial charge in [0.1, 0.15) is 0 Å². The molecular weight excluding hydrogens is 210 g/mol. The molecule has 3 nitrogen and oxygen atoms in total. The SMILES string of the molecule is CS(=O)(=O)[C@@H]1[C@@H](CN)[C@@H]1c1ccccc1. The van der Waals surface area contributed by atoms with E-state index in [1.807, 2.05) is 30.3 Å². The molecule has 0 aromatic heterocycles. The molecule has 1 aliphatic carbocycles. The van der Waals surface area contributed by atoms with Crippen LogP contribution in [0.1, 0.15) is 11.5 Å². The van der Waals surface area contributed by atoms with Crippen LogP contribution in [-0.4, -0.2) is 26.5 Å². The molecule has 0 radical (unpaired) electrons. The number of benzene rings is 1. The van der Waals surface area contributed by atoms with Gasteiger partial charge in [-0.25, -0.2) is 8.42 Å². The summed E-state index contributed by atoms with van der Waals surface area (Å²) in [6, 6.07) is 9.73. The standard InChI is InChI=1S/C11H15NO2S/c1-15(13,14)11-9(7-12)10(11)8-5-3-2-4-6-8/h2-6,9-11H,7,12H2,1H3/t9-,10-,11+/m0/s1. The average Bonchev–Trinajstić information content (AvgIpc) is 2.92. The van der Waals surface area contributed by atoms with Crippen molar-refractivity contribution in [2.45, 2.75) is 11.2 Å². The van der Waals surface area contributed by atoms with E-state index in [0.717, 1.165) is 5.56 Å². The van der Waals surface area contributed by atoms with E-state index < -0.39 is 9.84 Å². The Balaban J connectivity index is 2.27. The van der Waals surface area contributed by atoms with Crippen LogP contribution in [0.2, 0.25) is 0 Å². The van der Waals surface area contributed by atoms with Gasteiger partial charge in [0.05, 0.1) is 5.25 Å². The summed E-state index contributed by atoms with van der Waals surface area (Å²) in [5.74, 6) is 0.202. The Bertz CT molecular complexity index is 441. The third-order valence-corrected chi connectivity index (χ3v) is 4.68. The first-order valence-corrected chi connectivity index (χ1v) is 6.95. The summed E-state index contributed by atoms with van der Waals surface area (Å²) in [6.45, 7) is 0.442. The van der Waals surface area contributed by atoms with Gasteiger partial charge in [-0.1, -0.05) is 30.3 Å². The maximum Gasteiger partial charge on any atom is 0.151 e. The van der Waals surface area contributed by atoms with Gasteiger partial charge in [-0.2, -0.15) is 0 Å². The van der Waals surface area contributed by atoms with E-state index in [4.69, 9.17) is 5.73 Å². The van der Waals surface area contributed by atoms with Crippen LogP contribution in [0, 0.1) is 5.92 Å². The van der Waals surface area contributed by atoms with Crippen LogP contribution in [0.15, 0.2) is 30.3 Å². The summed E-state index contributed by atoms with van der Waals surface area (Å²) >= 11 is 0. The normalized spacial score (nSPS) is 30.1. The van der Waals surface area contributed by atoms with E-state index >= 15 is 0 Å². The molecule has 0 saturated heterocycles.